The summed E-state index contributed by atoms with van der Waals surface area (Å²) in [5, 5.41) is 7.37. The minimum absolute atomic E-state index is 0.0364. The number of nitrogens with zero attached hydrogens (tertiary/aromatic N) is 2. The van der Waals surface area contributed by atoms with Crippen LogP contribution in [-0.4, -0.2) is 16.6 Å². The fourth-order valence-electron chi connectivity index (χ4n) is 4.64. The van der Waals surface area contributed by atoms with Crippen molar-refractivity contribution in [2.45, 2.75) is 45.4 Å². The zero-order valence-electron chi connectivity index (χ0n) is 12.3. The van der Waals surface area contributed by atoms with Crippen LogP contribution in [0.5, 0.6) is 0 Å². The molecule has 5 rings (SSSR count). The Labute approximate surface area is 129 Å². The standard InChI is InChI=1S/C16H21N3OS/c1-9-8-21-15(17-9)7-14(20)18-19-16-12-3-10-2-11(5-12)6-13(16)4-10/h8,10-13H,2-7H2,1H3,(H,18,20). The molecule has 4 fully saturated rings. The quantitative estimate of drug-likeness (QED) is 0.873. The van der Waals surface area contributed by atoms with Gasteiger partial charge in [-0.05, 0) is 62.7 Å². The summed E-state index contributed by atoms with van der Waals surface area (Å²) in [5.74, 6) is 3.11. The fraction of sp³-hybridized carbons (Fsp3) is 0.688. The number of aromatic nitrogens is 1. The van der Waals surface area contributed by atoms with Gasteiger partial charge in [-0.2, -0.15) is 5.10 Å². The molecule has 0 aromatic carbocycles. The highest BCUT2D eigenvalue weighted by molar-refractivity contribution is 7.09. The summed E-state index contributed by atoms with van der Waals surface area (Å²) in [6.07, 6.45) is 6.98. The van der Waals surface area contributed by atoms with E-state index in [2.05, 4.69) is 15.5 Å². The Morgan fingerprint density at radius 2 is 1.95 bits per heavy atom. The molecule has 4 aliphatic rings. The number of rotatable bonds is 3. The molecule has 0 aliphatic heterocycles. The molecule has 1 aromatic rings. The highest BCUT2D eigenvalue weighted by Gasteiger charge is 2.46. The van der Waals surface area contributed by atoms with Crippen LogP contribution in [0.1, 0.15) is 42.8 Å². The second-order valence-electron chi connectivity index (χ2n) is 6.94. The van der Waals surface area contributed by atoms with E-state index in [9.17, 15) is 4.79 Å². The highest BCUT2D eigenvalue weighted by atomic mass is 32.1. The maximum absolute atomic E-state index is 12.0. The third-order valence-electron chi connectivity index (χ3n) is 5.26. The number of aryl methyl sites for hydroxylation is 1. The summed E-state index contributed by atoms with van der Waals surface area (Å²) in [7, 11) is 0. The summed E-state index contributed by atoms with van der Waals surface area (Å²) in [6.45, 7) is 1.95. The lowest BCUT2D eigenvalue weighted by molar-refractivity contribution is -0.120. The Hall–Kier alpha value is -1.23. The molecular weight excluding hydrogens is 282 g/mol. The number of carbonyl (C=O) groups is 1. The lowest BCUT2D eigenvalue weighted by Gasteiger charge is -2.50. The minimum Gasteiger partial charge on any atom is -0.273 e. The molecule has 112 valence electrons. The van der Waals surface area contributed by atoms with E-state index in [-0.39, 0.29) is 5.91 Å². The van der Waals surface area contributed by atoms with E-state index in [0.717, 1.165) is 22.5 Å². The molecule has 4 bridgehead atoms. The molecule has 1 amide bonds. The number of amides is 1. The molecule has 0 saturated heterocycles. The van der Waals surface area contributed by atoms with Crippen molar-refractivity contribution in [3.8, 4) is 0 Å². The number of nitrogens with one attached hydrogen (secondary N) is 1. The van der Waals surface area contributed by atoms with Crippen molar-refractivity contribution in [3.05, 3.63) is 16.1 Å². The van der Waals surface area contributed by atoms with E-state index in [1.165, 1.54) is 37.8 Å². The van der Waals surface area contributed by atoms with Crippen LogP contribution in [-0.2, 0) is 11.2 Å². The summed E-state index contributed by atoms with van der Waals surface area (Å²) < 4.78 is 0. The van der Waals surface area contributed by atoms with Crippen molar-refractivity contribution in [1.29, 1.82) is 0 Å². The molecule has 4 saturated carbocycles. The first kappa shape index (κ1) is 13.4. The van der Waals surface area contributed by atoms with Gasteiger partial charge in [0.05, 0.1) is 6.42 Å². The first-order valence-electron chi connectivity index (χ1n) is 7.94. The Morgan fingerprint density at radius 1 is 1.29 bits per heavy atom. The molecule has 0 unspecified atom stereocenters. The van der Waals surface area contributed by atoms with Crippen molar-refractivity contribution < 1.29 is 4.79 Å². The summed E-state index contributed by atoms with van der Waals surface area (Å²) in [4.78, 5) is 16.3. The van der Waals surface area contributed by atoms with Crippen molar-refractivity contribution >= 4 is 23.0 Å². The molecule has 1 aromatic heterocycles. The predicted molar refractivity (Wildman–Crippen MR) is 83.2 cm³/mol. The molecule has 4 nitrogen and oxygen atoms in total. The molecule has 0 spiro atoms. The van der Waals surface area contributed by atoms with E-state index < -0.39 is 0 Å². The Morgan fingerprint density at radius 3 is 2.52 bits per heavy atom. The number of hydrazone groups is 1. The first-order valence-corrected chi connectivity index (χ1v) is 8.82. The van der Waals surface area contributed by atoms with Crippen molar-refractivity contribution in [2.75, 3.05) is 0 Å². The van der Waals surface area contributed by atoms with Crippen LogP contribution in [0.25, 0.3) is 0 Å². The van der Waals surface area contributed by atoms with Crippen LogP contribution in [0.3, 0.4) is 0 Å². The highest BCUT2D eigenvalue weighted by Crippen LogP contribution is 2.52. The Bertz CT molecular complexity index is 562. The molecule has 0 atom stereocenters. The first-order chi connectivity index (χ1) is 10.2. The third-order valence-corrected chi connectivity index (χ3v) is 6.23. The summed E-state index contributed by atoms with van der Waals surface area (Å²) in [6, 6.07) is 0. The average molecular weight is 303 g/mol. The van der Waals surface area contributed by atoms with E-state index in [4.69, 9.17) is 0 Å². The molecule has 1 heterocycles. The average Bonchev–Trinajstić information content (AvgIpc) is 2.82. The van der Waals surface area contributed by atoms with Gasteiger partial charge in [0.15, 0.2) is 0 Å². The summed E-state index contributed by atoms with van der Waals surface area (Å²) in [5.41, 5.74) is 5.05. The maximum atomic E-state index is 12.0. The molecule has 1 N–H and O–H groups in total. The van der Waals surface area contributed by atoms with Crippen LogP contribution >= 0.6 is 11.3 Å². The van der Waals surface area contributed by atoms with Crippen LogP contribution in [0.2, 0.25) is 0 Å². The molecule has 4 aliphatic carbocycles. The zero-order chi connectivity index (χ0) is 14.4. The molecule has 21 heavy (non-hydrogen) atoms. The lowest BCUT2D eigenvalue weighted by atomic mass is 9.55. The van der Waals surface area contributed by atoms with Gasteiger partial charge >= 0.3 is 0 Å². The molecule has 5 heteroatoms. The van der Waals surface area contributed by atoms with Crippen LogP contribution < -0.4 is 5.43 Å². The van der Waals surface area contributed by atoms with Gasteiger partial charge in [-0.25, -0.2) is 10.4 Å². The number of thiazole rings is 1. The minimum atomic E-state index is -0.0364. The molecule has 0 radical (unpaired) electrons. The topological polar surface area (TPSA) is 54.4 Å². The van der Waals surface area contributed by atoms with Gasteiger partial charge < -0.3 is 0 Å². The Balaban J connectivity index is 1.40. The van der Waals surface area contributed by atoms with Gasteiger partial charge in [-0.15, -0.1) is 11.3 Å². The zero-order valence-corrected chi connectivity index (χ0v) is 13.2. The summed E-state index contributed by atoms with van der Waals surface area (Å²) >= 11 is 1.54. The largest absolute Gasteiger partial charge is 0.273 e. The van der Waals surface area contributed by atoms with E-state index in [1.807, 2.05) is 12.3 Å². The monoisotopic (exact) mass is 303 g/mol. The van der Waals surface area contributed by atoms with E-state index in [1.54, 1.807) is 11.3 Å². The fourth-order valence-corrected chi connectivity index (χ4v) is 5.41. The SMILES string of the molecule is Cc1csc(CC(=O)NN=C2C3CC4CC(C3)CC2C4)n1. The predicted octanol–water partition coefficient (Wildman–Crippen LogP) is 2.92. The van der Waals surface area contributed by atoms with Crippen LogP contribution in [0, 0.1) is 30.6 Å². The van der Waals surface area contributed by atoms with E-state index >= 15 is 0 Å². The van der Waals surface area contributed by atoms with Crippen LogP contribution in [0.15, 0.2) is 10.5 Å². The number of hydrogen-bond donors (Lipinski definition) is 1. The van der Waals surface area contributed by atoms with Gasteiger partial charge in [0, 0.05) is 16.8 Å². The van der Waals surface area contributed by atoms with Gasteiger partial charge in [0.25, 0.3) is 0 Å². The van der Waals surface area contributed by atoms with Gasteiger partial charge in [0.1, 0.15) is 5.01 Å². The van der Waals surface area contributed by atoms with Gasteiger partial charge in [-0.1, -0.05) is 0 Å². The van der Waals surface area contributed by atoms with Gasteiger partial charge in [-0.3, -0.25) is 4.79 Å². The smallest absolute Gasteiger partial charge is 0.246 e. The molecular formula is C16H21N3OS. The van der Waals surface area contributed by atoms with Crippen LogP contribution in [0.4, 0.5) is 0 Å². The second kappa shape index (κ2) is 5.20. The van der Waals surface area contributed by atoms with E-state index in [0.29, 0.717) is 18.3 Å². The third kappa shape index (κ3) is 2.63. The van der Waals surface area contributed by atoms with Crippen molar-refractivity contribution in [1.82, 2.24) is 10.4 Å². The number of carbonyl (C=O) groups excluding carboxylic acids is 1. The second-order valence-corrected chi connectivity index (χ2v) is 7.88. The van der Waals surface area contributed by atoms with Crippen molar-refractivity contribution in [3.63, 3.8) is 0 Å². The Kier molecular flexibility index (Phi) is 3.32. The lowest BCUT2D eigenvalue weighted by Crippen LogP contribution is -2.46. The number of hydrogen-bond acceptors (Lipinski definition) is 4. The maximum Gasteiger partial charge on any atom is 0.246 e. The normalized spacial score (nSPS) is 33.3. The van der Waals surface area contributed by atoms with Gasteiger partial charge in [0.2, 0.25) is 5.91 Å². The van der Waals surface area contributed by atoms with Crippen molar-refractivity contribution in [2.24, 2.45) is 28.8 Å².